The Morgan fingerprint density at radius 2 is 2.12 bits per heavy atom. The van der Waals surface area contributed by atoms with Gasteiger partial charge in [-0.05, 0) is 19.8 Å². The van der Waals surface area contributed by atoms with E-state index in [9.17, 15) is 9.59 Å². The van der Waals surface area contributed by atoms with Gasteiger partial charge in [-0.1, -0.05) is 0 Å². The summed E-state index contributed by atoms with van der Waals surface area (Å²) in [6, 6.07) is -1.04. The zero-order valence-corrected chi connectivity index (χ0v) is 9.32. The minimum absolute atomic E-state index is 0.169. The monoisotopic (exact) mass is 223 g/mol. The van der Waals surface area contributed by atoms with Gasteiger partial charge in [0.05, 0.1) is 6.04 Å². The summed E-state index contributed by atoms with van der Waals surface area (Å²) < 4.78 is 0. The van der Waals surface area contributed by atoms with Crippen LogP contribution in [0, 0.1) is 12.3 Å². The molecule has 4 N–H and O–H groups in total. The Labute approximate surface area is 95.1 Å². The lowest BCUT2D eigenvalue weighted by atomic mass is 10.2. The van der Waals surface area contributed by atoms with Crippen molar-refractivity contribution in [1.82, 2.24) is 10.6 Å². The number of hydrogen-bond acceptors (Lipinski definition) is 3. The van der Waals surface area contributed by atoms with Crippen LogP contribution < -0.4 is 16.4 Å². The lowest BCUT2D eigenvalue weighted by Crippen LogP contribution is -2.50. The summed E-state index contributed by atoms with van der Waals surface area (Å²) in [4.78, 5) is 22.9. The maximum Gasteiger partial charge on any atom is 0.242 e. The van der Waals surface area contributed by atoms with Crippen molar-refractivity contribution in [2.75, 3.05) is 0 Å². The second kappa shape index (κ2) is 5.52. The van der Waals surface area contributed by atoms with Crippen molar-refractivity contribution in [2.24, 2.45) is 5.73 Å². The van der Waals surface area contributed by atoms with Crippen LogP contribution in [0.2, 0.25) is 0 Å². The van der Waals surface area contributed by atoms with Crippen molar-refractivity contribution >= 4 is 11.8 Å². The molecule has 0 spiro atoms. The number of rotatable bonds is 5. The third kappa shape index (κ3) is 3.91. The van der Waals surface area contributed by atoms with Crippen molar-refractivity contribution in [2.45, 2.75) is 44.3 Å². The maximum absolute atomic E-state index is 11.5. The average Bonchev–Trinajstić information content (AvgIpc) is 3.01. The van der Waals surface area contributed by atoms with Crippen LogP contribution in [0.3, 0.4) is 0 Å². The third-order valence-electron chi connectivity index (χ3n) is 2.35. The van der Waals surface area contributed by atoms with Crippen molar-refractivity contribution in [3.05, 3.63) is 0 Å². The summed E-state index contributed by atoms with van der Waals surface area (Å²) >= 11 is 0. The number of amides is 2. The molecule has 2 amide bonds. The molecular formula is C11H17N3O2. The quantitative estimate of drug-likeness (QED) is 0.529. The van der Waals surface area contributed by atoms with Gasteiger partial charge in [-0.2, -0.15) is 0 Å². The molecule has 0 bridgehead atoms. The number of terminal acetylenes is 1. The normalized spacial score (nSPS) is 18.1. The van der Waals surface area contributed by atoms with Crippen LogP contribution in [0.4, 0.5) is 0 Å². The van der Waals surface area contributed by atoms with Gasteiger partial charge in [0.1, 0.15) is 6.04 Å². The Hall–Kier alpha value is -1.54. The molecule has 0 aliphatic heterocycles. The van der Waals surface area contributed by atoms with Crippen molar-refractivity contribution in [3.8, 4) is 12.3 Å². The number of nitrogens with two attached hydrogens (primary N) is 1. The summed E-state index contributed by atoms with van der Waals surface area (Å²) in [5, 5.41) is 5.32. The first kappa shape index (κ1) is 12.5. The molecule has 1 aliphatic rings. The lowest BCUT2D eigenvalue weighted by Gasteiger charge is -2.16. The molecule has 0 heterocycles. The largest absolute Gasteiger partial charge is 0.352 e. The topological polar surface area (TPSA) is 84.2 Å². The standard InChI is InChI=1S/C11H17N3O2/c1-3-4-9(12)11(16)13-7(2)10(15)14-8-5-6-8/h1,7-9H,4-6,12H2,2H3,(H,13,16)(H,14,15). The number of hydrogen-bond donors (Lipinski definition) is 3. The highest BCUT2D eigenvalue weighted by atomic mass is 16.2. The first-order valence-electron chi connectivity index (χ1n) is 5.34. The van der Waals surface area contributed by atoms with Gasteiger partial charge in [-0.3, -0.25) is 9.59 Å². The third-order valence-corrected chi connectivity index (χ3v) is 2.35. The fraction of sp³-hybridized carbons (Fsp3) is 0.636. The number of carbonyl (C=O) groups is 2. The number of nitrogens with one attached hydrogen (secondary N) is 2. The Morgan fingerprint density at radius 1 is 1.50 bits per heavy atom. The van der Waals surface area contributed by atoms with Crippen LogP contribution in [0.1, 0.15) is 26.2 Å². The Morgan fingerprint density at radius 3 is 2.62 bits per heavy atom. The van der Waals surface area contributed by atoms with Gasteiger partial charge in [-0.25, -0.2) is 0 Å². The molecule has 1 aliphatic carbocycles. The molecule has 0 radical (unpaired) electrons. The first-order valence-corrected chi connectivity index (χ1v) is 5.34. The predicted octanol–water partition coefficient (Wildman–Crippen LogP) is -0.880. The highest BCUT2D eigenvalue weighted by Gasteiger charge is 2.26. The summed E-state index contributed by atoms with van der Waals surface area (Å²) in [5.74, 6) is 1.74. The molecule has 1 saturated carbocycles. The van der Waals surface area contributed by atoms with Gasteiger partial charge in [-0.15, -0.1) is 12.3 Å². The zero-order valence-electron chi connectivity index (χ0n) is 9.32. The van der Waals surface area contributed by atoms with E-state index >= 15 is 0 Å². The van der Waals surface area contributed by atoms with Gasteiger partial charge in [0, 0.05) is 12.5 Å². The van der Waals surface area contributed by atoms with Crippen LogP contribution in [-0.4, -0.2) is 29.9 Å². The lowest BCUT2D eigenvalue weighted by molar-refractivity contribution is -0.129. The smallest absolute Gasteiger partial charge is 0.242 e. The molecule has 0 aromatic rings. The van der Waals surface area contributed by atoms with E-state index in [2.05, 4.69) is 16.6 Å². The second-order valence-electron chi connectivity index (χ2n) is 4.03. The molecule has 5 heteroatoms. The average molecular weight is 223 g/mol. The summed E-state index contributed by atoms with van der Waals surface area (Å²) in [7, 11) is 0. The molecule has 0 aromatic carbocycles. The second-order valence-corrected chi connectivity index (χ2v) is 4.03. The summed E-state index contributed by atoms with van der Waals surface area (Å²) in [6.07, 6.45) is 7.25. The Kier molecular flexibility index (Phi) is 4.32. The molecular weight excluding hydrogens is 206 g/mol. The zero-order chi connectivity index (χ0) is 12.1. The van der Waals surface area contributed by atoms with E-state index in [1.807, 2.05) is 0 Å². The van der Waals surface area contributed by atoms with Crippen LogP contribution in [0.15, 0.2) is 0 Å². The molecule has 2 atom stereocenters. The fourth-order valence-electron chi connectivity index (χ4n) is 1.16. The number of carbonyl (C=O) groups excluding carboxylic acids is 2. The van der Waals surface area contributed by atoms with Gasteiger partial charge < -0.3 is 16.4 Å². The van der Waals surface area contributed by atoms with E-state index < -0.39 is 18.0 Å². The van der Waals surface area contributed by atoms with Crippen LogP contribution >= 0.6 is 0 Å². The fourth-order valence-corrected chi connectivity index (χ4v) is 1.16. The van der Waals surface area contributed by atoms with Gasteiger partial charge in [0.25, 0.3) is 0 Å². The van der Waals surface area contributed by atoms with Crippen LogP contribution in [0.25, 0.3) is 0 Å². The molecule has 0 aromatic heterocycles. The Balaban J connectivity index is 2.31. The van der Waals surface area contributed by atoms with E-state index in [1.165, 1.54) is 0 Å². The van der Waals surface area contributed by atoms with Gasteiger partial charge in [0.2, 0.25) is 11.8 Å². The highest BCUT2D eigenvalue weighted by molar-refractivity contribution is 5.89. The molecule has 2 unspecified atom stereocenters. The molecule has 88 valence electrons. The van der Waals surface area contributed by atoms with Crippen molar-refractivity contribution in [1.29, 1.82) is 0 Å². The predicted molar refractivity (Wildman–Crippen MR) is 60.2 cm³/mol. The van der Waals surface area contributed by atoms with Crippen LogP contribution in [0.5, 0.6) is 0 Å². The summed E-state index contributed by atoms with van der Waals surface area (Å²) in [5.41, 5.74) is 5.50. The van der Waals surface area contributed by atoms with E-state index in [-0.39, 0.29) is 18.4 Å². The van der Waals surface area contributed by atoms with Crippen molar-refractivity contribution in [3.63, 3.8) is 0 Å². The van der Waals surface area contributed by atoms with E-state index in [0.717, 1.165) is 12.8 Å². The summed E-state index contributed by atoms with van der Waals surface area (Å²) in [6.45, 7) is 1.62. The minimum atomic E-state index is -0.749. The van der Waals surface area contributed by atoms with Gasteiger partial charge in [0.15, 0.2) is 0 Å². The molecule has 1 fully saturated rings. The Bertz CT molecular complexity index is 318. The van der Waals surface area contributed by atoms with E-state index in [4.69, 9.17) is 12.2 Å². The first-order chi connectivity index (χ1) is 7.54. The molecule has 1 rings (SSSR count). The van der Waals surface area contributed by atoms with Crippen LogP contribution in [-0.2, 0) is 9.59 Å². The van der Waals surface area contributed by atoms with E-state index in [0.29, 0.717) is 0 Å². The van der Waals surface area contributed by atoms with E-state index in [1.54, 1.807) is 6.92 Å². The van der Waals surface area contributed by atoms with Gasteiger partial charge >= 0.3 is 0 Å². The minimum Gasteiger partial charge on any atom is -0.352 e. The van der Waals surface area contributed by atoms with Crippen molar-refractivity contribution < 1.29 is 9.59 Å². The molecule has 0 saturated heterocycles. The molecule has 16 heavy (non-hydrogen) atoms. The SMILES string of the molecule is C#CCC(N)C(=O)NC(C)C(=O)NC1CC1. The molecule has 5 nitrogen and oxygen atoms in total. The highest BCUT2D eigenvalue weighted by Crippen LogP contribution is 2.18. The maximum atomic E-state index is 11.5.